The third-order valence-corrected chi connectivity index (χ3v) is 5.13. The molecule has 158 valence electrons. The Hall–Kier alpha value is -2.03. The van der Waals surface area contributed by atoms with Gasteiger partial charge in [-0.05, 0) is 37.0 Å². The highest BCUT2D eigenvalue weighted by atomic mass is 127. The van der Waals surface area contributed by atoms with E-state index in [0.717, 1.165) is 38.6 Å². The molecule has 2 heterocycles. The molecule has 7 heteroatoms. The van der Waals surface area contributed by atoms with Gasteiger partial charge in [-0.1, -0.05) is 37.3 Å². The van der Waals surface area contributed by atoms with E-state index in [1.54, 1.807) is 12.1 Å². The summed E-state index contributed by atoms with van der Waals surface area (Å²) in [5, 5.41) is 3.39. The van der Waals surface area contributed by atoms with Crippen LogP contribution in [0, 0.1) is 0 Å². The van der Waals surface area contributed by atoms with Crippen LogP contribution < -0.4 is 5.32 Å². The molecule has 1 N–H and O–H groups in total. The highest BCUT2D eigenvalue weighted by Gasteiger charge is 2.25. The van der Waals surface area contributed by atoms with E-state index < -0.39 is 0 Å². The van der Waals surface area contributed by atoms with Crippen molar-refractivity contribution in [1.29, 1.82) is 0 Å². The van der Waals surface area contributed by atoms with E-state index in [9.17, 15) is 4.79 Å². The maximum absolute atomic E-state index is 12.4. The number of rotatable bonds is 6. The lowest BCUT2D eigenvalue weighted by molar-refractivity contribution is 0.0657. The second kappa shape index (κ2) is 11.8. The van der Waals surface area contributed by atoms with E-state index >= 15 is 0 Å². The lowest BCUT2D eigenvalue weighted by Gasteiger charge is -2.36. The summed E-state index contributed by atoms with van der Waals surface area (Å²) in [5.74, 6) is 1.79. The van der Waals surface area contributed by atoms with Gasteiger partial charge in [-0.3, -0.25) is 9.79 Å². The van der Waals surface area contributed by atoms with Crippen LogP contribution in [0.2, 0.25) is 0 Å². The van der Waals surface area contributed by atoms with Gasteiger partial charge >= 0.3 is 0 Å². The second-order valence-corrected chi connectivity index (χ2v) is 7.09. The molecule has 1 amide bonds. The molecule has 1 aliphatic heterocycles. The van der Waals surface area contributed by atoms with Gasteiger partial charge in [-0.15, -0.1) is 24.0 Å². The standard InChI is InChI=1S/C22H30N4O2.HI/c1-3-23-22(24-12-11-18(2)19-8-5-4-6-9-19)26-15-13-25(14-16-26)21(27)20-10-7-17-28-20;/h4-10,17-18H,3,11-16H2,1-2H3,(H,23,24);1H. The summed E-state index contributed by atoms with van der Waals surface area (Å²) < 4.78 is 5.23. The van der Waals surface area contributed by atoms with E-state index in [1.165, 1.54) is 11.8 Å². The van der Waals surface area contributed by atoms with Crippen molar-refractivity contribution < 1.29 is 9.21 Å². The average Bonchev–Trinajstić information content (AvgIpc) is 3.28. The molecule has 0 saturated carbocycles. The Balaban J connectivity index is 0.00000300. The number of aliphatic imine (C=N–C) groups is 1. The number of carbonyl (C=O) groups excluding carboxylic acids is 1. The van der Waals surface area contributed by atoms with Crippen LogP contribution in [0.5, 0.6) is 0 Å². The average molecular weight is 510 g/mol. The zero-order valence-corrected chi connectivity index (χ0v) is 19.5. The lowest BCUT2D eigenvalue weighted by atomic mass is 9.98. The first-order valence-electron chi connectivity index (χ1n) is 10.1. The summed E-state index contributed by atoms with van der Waals surface area (Å²) in [5.41, 5.74) is 1.35. The summed E-state index contributed by atoms with van der Waals surface area (Å²) in [6.07, 6.45) is 2.55. The minimum Gasteiger partial charge on any atom is -0.459 e. The zero-order valence-electron chi connectivity index (χ0n) is 17.2. The number of halogens is 1. The number of amides is 1. The third-order valence-electron chi connectivity index (χ3n) is 5.13. The SMILES string of the molecule is CCNC(=NCCC(C)c1ccccc1)N1CCN(C(=O)c2ccco2)CC1.I. The number of hydrogen-bond acceptors (Lipinski definition) is 3. The molecular formula is C22H31IN4O2. The molecule has 6 nitrogen and oxygen atoms in total. The Morgan fingerprint density at radius 2 is 1.79 bits per heavy atom. The first-order valence-corrected chi connectivity index (χ1v) is 10.1. The predicted octanol–water partition coefficient (Wildman–Crippen LogP) is 3.81. The fourth-order valence-electron chi connectivity index (χ4n) is 3.42. The Morgan fingerprint density at radius 3 is 2.41 bits per heavy atom. The molecule has 1 atom stereocenters. The van der Waals surface area contributed by atoms with E-state index in [4.69, 9.17) is 9.41 Å². The van der Waals surface area contributed by atoms with Gasteiger partial charge in [0.15, 0.2) is 11.7 Å². The van der Waals surface area contributed by atoms with Crippen LogP contribution >= 0.6 is 24.0 Å². The van der Waals surface area contributed by atoms with Crippen molar-refractivity contribution in [2.45, 2.75) is 26.2 Å². The molecule has 1 aromatic heterocycles. The van der Waals surface area contributed by atoms with Crippen molar-refractivity contribution in [2.75, 3.05) is 39.3 Å². The first kappa shape index (κ1) is 23.3. The van der Waals surface area contributed by atoms with Crippen molar-refractivity contribution in [3.63, 3.8) is 0 Å². The maximum atomic E-state index is 12.4. The number of nitrogens with one attached hydrogen (secondary N) is 1. The largest absolute Gasteiger partial charge is 0.459 e. The molecule has 1 aliphatic rings. The fraction of sp³-hybridized carbons (Fsp3) is 0.455. The molecule has 0 aliphatic carbocycles. The van der Waals surface area contributed by atoms with Gasteiger partial charge in [-0.2, -0.15) is 0 Å². The number of piperazine rings is 1. The van der Waals surface area contributed by atoms with Crippen LogP contribution in [0.25, 0.3) is 0 Å². The first-order chi connectivity index (χ1) is 13.7. The van der Waals surface area contributed by atoms with Gasteiger partial charge in [0.25, 0.3) is 5.91 Å². The molecule has 1 saturated heterocycles. The lowest BCUT2D eigenvalue weighted by Crippen LogP contribution is -2.53. The molecule has 0 spiro atoms. The van der Waals surface area contributed by atoms with E-state index in [1.807, 2.05) is 11.0 Å². The Labute approximate surface area is 190 Å². The Bertz CT molecular complexity index is 756. The minimum absolute atomic E-state index is 0. The van der Waals surface area contributed by atoms with E-state index in [0.29, 0.717) is 24.8 Å². The molecule has 29 heavy (non-hydrogen) atoms. The Kier molecular flexibility index (Phi) is 9.50. The zero-order chi connectivity index (χ0) is 19.8. The highest BCUT2D eigenvalue weighted by molar-refractivity contribution is 14.0. The van der Waals surface area contributed by atoms with Crippen LogP contribution in [0.1, 0.15) is 42.3 Å². The summed E-state index contributed by atoms with van der Waals surface area (Å²) >= 11 is 0. The highest BCUT2D eigenvalue weighted by Crippen LogP contribution is 2.18. The minimum atomic E-state index is -0.0386. The summed E-state index contributed by atoms with van der Waals surface area (Å²) in [6.45, 7) is 8.83. The van der Waals surface area contributed by atoms with Gasteiger partial charge in [0.2, 0.25) is 0 Å². The van der Waals surface area contributed by atoms with Gasteiger partial charge in [0, 0.05) is 39.3 Å². The van der Waals surface area contributed by atoms with Crippen LogP contribution in [0.4, 0.5) is 0 Å². The molecule has 0 bridgehead atoms. The number of guanidine groups is 1. The van der Waals surface area contributed by atoms with Gasteiger partial charge in [0.1, 0.15) is 0 Å². The summed E-state index contributed by atoms with van der Waals surface area (Å²) in [4.78, 5) is 21.3. The quantitative estimate of drug-likeness (QED) is 0.365. The maximum Gasteiger partial charge on any atom is 0.289 e. The smallest absolute Gasteiger partial charge is 0.289 e. The van der Waals surface area contributed by atoms with Crippen molar-refractivity contribution in [3.05, 3.63) is 60.1 Å². The molecule has 2 aromatic rings. The second-order valence-electron chi connectivity index (χ2n) is 7.09. The molecule has 0 radical (unpaired) electrons. The van der Waals surface area contributed by atoms with Crippen LogP contribution in [-0.2, 0) is 0 Å². The predicted molar refractivity (Wildman–Crippen MR) is 127 cm³/mol. The van der Waals surface area contributed by atoms with Crippen molar-refractivity contribution in [3.8, 4) is 0 Å². The van der Waals surface area contributed by atoms with Crippen molar-refractivity contribution >= 4 is 35.8 Å². The number of nitrogens with zero attached hydrogens (tertiary/aromatic N) is 3. The van der Waals surface area contributed by atoms with E-state index in [-0.39, 0.29) is 29.9 Å². The molecule has 1 unspecified atom stereocenters. The molecule has 1 fully saturated rings. The normalized spacial score (nSPS) is 15.6. The van der Waals surface area contributed by atoms with Gasteiger partial charge in [-0.25, -0.2) is 0 Å². The molecular weight excluding hydrogens is 479 g/mol. The Morgan fingerprint density at radius 1 is 1.10 bits per heavy atom. The number of benzene rings is 1. The van der Waals surface area contributed by atoms with Gasteiger partial charge in [0.05, 0.1) is 6.26 Å². The van der Waals surface area contributed by atoms with Crippen molar-refractivity contribution in [2.24, 2.45) is 4.99 Å². The number of furan rings is 1. The third kappa shape index (κ3) is 6.48. The summed E-state index contributed by atoms with van der Waals surface area (Å²) in [6, 6.07) is 14.0. The monoisotopic (exact) mass is 510 g/mol. The van der Waals surface area contributed by atoms with Crippen LogP contribution in [0.15, 0.2) is 58.1 Å². The number of carbonyl (C=O) groups is 1. The number of hydrogen-bond donors (Lipinski definition) is 1. The molecule has 1 aromatic carbocycles. The molecule has 3 rings (SSSR count). The fourth-order valence-corrected chi connectivity index (χ4v) is 3.42. The van der Waals surface area contributed by atoms with Crippen molar-refractivity contribution in [1.82, 2.24) is 15.1 Å². The van der Waals surface area contributed by atoms with Gasteiger partial charge < -0.3 is 19.5 Å². The van der Waals surface area contributed by atoms with E-state index in [2.05, 4.69) is 48.3 Å². The summed E-state index contributed by atoms with van der Waals surface area (Å²) in [7, 11) is 0. The van der Waals surface area contributed by atoms with Crippen LogP contribution in [-0.4, -0.2) is 60.9 Å². The topological polar surface area (TPSA) is 61.1 Å². The van der Waals surface area contributed by atoms with Crippen LogP contribution in [0.3, 0.4) is 0 Å².